The van der Waals surface area contributed by atoms with E-state index < -0.39 is 16.0 Å². The number of carbonyl (C=O) groups excluding carboxylic acids is 1. The van der Waals surface area contributed by atoms with Gasteiger partial charge in [-0.05, 0) is 59.1 Å². The lowest BCUT2D eigenvalue weighted by Crippen LogP contribution is -2.19. The van der Waals surface area contributed by atoms with Crippen LogP contribution in [-0.2, 0) is 4.74 Å². The van der Waals surface area contributed by atoms with E-state index in [9.17, 15) is 9.18 Å². The average molecular weight is 273 g/mol. The Morgan fingerprint density at radius 3 is 2.20 bits per heavy atom. The van der Waals surface area contributed by atoms with Crippen LogP contribution >= 0.6 is 34.8 Å². The third-order valence-electron chi connectivity index (χ3n) is 1.21. The van der Waals surface area contributed by atoms with E-state index in [1.165, 1.54) is 12.1 Å². The summed E-state index contributed by atoms with van der Waals surface area (Å²) in [5, 5.41) is 0. The van der Waals surface area contributed by atoms with Crippen molar-refractivity contribution >= 4 is 41.0 Å². The van der Waals surface area contributed by atoms with Gasteiger partial charge in [0.25, 0.3) is 0 Å². The highest BCUT2D eigenvalue weighted by molar-refractivity contribution is 6.66. The average Bonchev–Trinajstić information content (AvgIpc) is 2.05. The van der Waals surface area contributed by atoms with E-state index in [0.29, 0.717) is 0 Å². The minimum absolute atomic E-state index is 0.0793. The molecule has 0 N–H and O–H groups in total. The van der Waals surface area contributed by atoms with Crippen molar-refractivity contribution in [2.75, 3.05) is 0 Å². The van der Waals surface area contributed by atoms with E-state index in [4.69, 9.17) is 34.8 Å². The summed E-state index contributed by atoms with van der Waals surface area (Å²) in [4.78, 5) is 10.9. The Labute approximate surface area is 99.6 Å². The van der Waals surface area contributed by atoms with Crippen LogP contribution in [0.1, 0.15) is 0 Å². The van der Waals surface area contributed by atoms with Gasteiger partial charge in [0, 0.05) is 0 Å². The fourth-order valence-corrected chi connectivity index (χ4v) is 0.903. The topological polar surface area (TPSA) is 35.5 Å². The van der Waals surface area contributed by atoms with Crippen LogP contribution in [0.25, 0.3) is 0 Å². The van der Waals surface area contributed by atoms with Crippen molar-refractivity contribution in [2.45, 2.75) is 3.98 Å². The quantitative estimate of drug-likeness (QED) is 0.445. The zero-order valence-corrected chi connectivity index (χ0v) is 9.31. The van der Waals surface area contributed by atoms with E-state index in [2.05, 4.69) is 9.47 Å². The van der Waals surface area contributed by atoms with Gasteiger partial charge in [0.15, 0.2) is 0 Å². The third-order valence-corrected chi connectivity index (χ3v) is 1.45. The molecular weight excluding hydrogens is 269 g/mol. The van der Waals surface area contributed by atoms with Crippen LogP contribution in [0.4, 0.5) is 9.18 Å². The second-order valence-corrected chi connectivity index (χ2v) is 4.53. The summed E-state index contributed by atoms with van der Waals surface area (Å²) >= 11 is 15.5. The number of hydrogen-bond acceptors (Lipinski definition) is 3. The maximum atomic E-state index is 12.5. The molecular formula is C8H4Cl3FO3. The van der Waals surface area contributed by atoms with Gasteiger partial charge in [0.05, 0.1) is 0 Å². The molecule has 0 spiro atoms. The van der Waals surface area contributed by atoms with E-state index in [1.807, 2.05) is 0 Å². The molecule has 0 atom stereocenters. The molecule has 1 rings (SSSR count). The number of benzene rings is 1. The second-order valence-electron chi connectivity index (χ2n) is 2.35. The molecule has 82 valence electrons. The van der Waals surface area contributed by atoms with Crippen LogP contribution in [0.3, 0.4) is 0 Å². The van der Waals surface area contributed by atoms with Crippen LogP contribution in [0.15, 0.2) is 24.3 Å². The van der Waals surface area contributed by atoms with Crippen molar-refractivity contribution in [1.29, 1.82) is 0 Å². The van der Waals surface area contributed by atoms with Gasteiger partial charge in [-0.3, -0.25) is 0 Å². The predicted molar refractivity (Wildman–Crippen MR) is 53.8 cm³/mol. The molecule has 1 aromatic rings. The van der Waals surface area contributed by atoms with Crippen LogP contribution < -0.4 is 4.74 Å². The summed E-state index contributed by atoms with van der Waals surface area (Å²) < 4.78 is 19.1. The largest absolute Gasteiger partial charge is 0.517 e. The Morgan fingerprint density at radius 2 is 1.73 bits per heavy atom. The Bertz CT molecular complexity index is 347. The van der Waals surface area contributed by atoms with Gasteiger partial charge in [-0.25, -0.2) is 9.18 Å². The summed E-state index contributed by atoms with van der Waals surface area (Å²) in [5.41, 5.74) is 0. The standard InChI is InChI=1S/C8H4Cl3FO3/c9-8(10,11)15-7(13)14-6-3-1-5(12)2-4-6/h1-4H. The van der Waals surface area contributed by atoms with Crippen LogP contribution in [0.5, 0.6) is 5.75 Å². The molecule has 1 aromatic carbocycles. The first-order chi connectivity index (χ1) is 6.87. The molecule has 0 aliphatic heterocycles. The Kier molecular flexibility index (Phi) is 4.02. The zero-order chi connectivity index (χ0) is 11.5. The molecule has 7 heteroatoms. The smallest absolute Gasteiger partial charge is 0.395 e. The SMILES string of the molecule is O=C(Oc1ccc(F)cc1)OC(Cl)(Cl)Cl. The summed E-state index contributed by atoms with van der Waals surface area (Å²) in [5.74, 6) is -0.382. The minimum Gasteiger partial charge on any atom is -0.395 e. The number of rotatable bonds is 1. The lowest BCUT2D eigenvalue weighted by atomic mass is 10.3. The van der Waals surface area contributed by atoms with Crippen LogP contribution in [-0.4, -0.2) is 10.1 Å². The number of ether oxygens (including phenoxy) is 2. The van der Waals surface area contributed by atoms with Gasteiger partial charge >= 0.3 is 10.1 Å². The van der Waals surface area contributed by atoms with Crippen molar-refractivity contribution in [2.24, 2.45) is 0 Å². The molecule has 0 bridgehead atoms. The molecule has 3 nitrogen and oxygen atoms in total. The lowest BCUT2D eigenvalue weighted by Gasteiger charge is -2.11. The predicted octanol–water partition coefficient (Wildman–Crippen LogP) is 3.67. The molecule has 0 unspecified atom stereocenters. The van der Waals surface area contributed by atoms with Gasteiger partial charge in [-0.2, -0.15) is 0 Å². The van der Waals surface area contributed by atoms with Crippen molar-refractivity contribution in [3.8, 4) is 5.75 Å². The molecule has 0 aliphatic carbocycles. The molecule has 0 heterocycles. The van der Waals surface area contributed by atoms with E-state index in [-0.39, 0.29) is 5.75 Å². The van der Waals surface area contributed by atoms with Crippen LogP contribution in [0.2, 0.25) is 0 Å². The lowest BCUT2D eigenvalue weighted by molar-refractivity contribution is 0.0968. The van der Waals surface area contributed by atoms with Gasteiger partial charge in [-0.1, -0.05) is 0 Å². The zero-order valence-electron chi connectivity index (χ0n) is 7.05. The summed E-state index contributed by atoms with van der Waals surface area (Å²) in [6, 6.07) is 4.68. The normalized spacial score (nSPS) is 10.9. The van der Waals surface area contributed by atoms with Crippen LogP contribution in [0, 0.1) is 5.82 Å². The first-order valence-corrected chi connectivity index (χ1v) is 4.73. The van der Waals surface area contributed by atoms with Crippen molar-refractivity contribution in [1.82, 2.24) is 0 Å². The number of alkyl halides is 3. The second kappa shape index (κ2) is 4.88. The van der Waals surface area contributed by atoms with Gasteiger partial charge < -0.3 is 9.47 Å². The van der Waals surface area contributed by atoms with Gasteiger partial charge in [0.1, 0.15) is 11.6 Å². The minimum atomic E-state index is -2.18. The monoisotopic (exact) mass is 272 g/mol. The van der Waals surface area contributed by atoms with E-state index in [0.717, 1.165) is 12.1 Å². The van der Waals surface area contributed by atoms with Crippen molar-refractivity contribution in [3.05, 3.63) is 30.1 Å². The maximum absolute atomic E-state index is 12.5. The highest BCUT2D eigenvalue weighted by Gasteiger charge is 2.26. The number of halogens is 4. The van der Waals surface area contributed by atoms with Crippen molar-refractivity contribution in [3.63, 3.8) is 0 Å². The molecule has 0 aliphatic rings. The first kappa shape index (κ1) is 12.4. The van der Waals surface area contributed by atoms with Crippen molar-refractivity contribution < 1.29 is 18.7 Å². The summed E-state index contributed by atoms with van der Waals surface area (Å²) in [6.45, 7) is 0. The highest BCUT2D eigenvalue weighted by Crippen LogP contribution is 2.28. The van der Waals surface area contributed by atoms with E-state index in [1.54, 1.807) is 0 Å². The molecule has 0 aromatic heterocycles. The number of carbonyl (C=O) groups is 1. The third kappa shape index (κ3) is 5.06. The van der Waals surface area contributed by atoms with E-state index >= 15 is 0 Å². The Balaban J connectivity index is 2.55. The Morgan fingerprint density at radius 1 is 1.20 bits per heavy atom. The molecule has 15 heavy (non-hydrogen) atoms. The summed E-state index contributed by atoms with van der Waals surface area (Å²) in [6.07, 6.45) is -1.19. The Hall–Kier alpha value is -0.710. The highest BCUT2D eigenvalue weighted by atomic mass is 35.6. The molecule has 0 fully saturated rings. The molecule has 0 saturated carbocycles. The molecule has 0 amide bonds. The number of hydrogen-bond donors (Lipinski definition) is 0. The molecule has 0 radical (unpaired) electrons. The fraction of sp³-hybridized carbons (Fsp3) is 0.125. The van der Waals surface area contributed by atoms with Gasteiger partial charge in [-0.15, -0.1) is 0 Å². The first-order valence-electron chi connectivity index (χ1n) is 3.60. The maximum Gasteiger partial charge on any atom is 0.517 e. The van der Waals surface area contributed by atoms with Gasteiger partial charge in [0.2, 0.25) is 0 Å². The molecule has 0 saturated heterocycles. The summed E-state index contributed by atoms with van der Waals surface area (Å²) in [7, 11) is 0. The fourth-order valence-electron chi connectivity index (χ4n) is 0.714.